The summed E-state index contributed by atoms with van der Waals surface area (Å²) in [6, 6.07) is 1.84. The minimum absolute atomic E-state index is 0.764. The first-order valence-corrected chi connectivity index (χ1v) is 6.39. The van der Waals surface area contributed by atoms with E-state index in [0.29, 0.717) is 0 Å². The van der Waals surface area contributed by atoms with Gasteiger partial charge in [-0.15, -0.1) is 0 Å². The number of nitrogens with zero attached hydrogens (tertiary/aromatic N) is 2. The van der Waals surface area contributed by atoms with Crippen molar-refractivity contribution >= 4 is 5.95 Å². The van der Waals surface area contributed by atoms with Crippen molar-refractivity contribution in [2.75, 3.05) is 11.9 Å². The molecule has 1 saturated carbocycles. The Morgan fingerprint density at radius 1 is 1.12 bits per heavy atom. The highest BCUT2D eigenvalue weighted by Crippen LogP contribution is 2.30. The fraction of sp³-hybridized carbons (Fsp3) is 0.692. The van der Waals surface area contributed by atoms with E-state index in [1.54, 1.807) is 12.4 Å². The molecule has 16 heavy (non-hydrogen) atoms. The molecule has 1 aliphatic carbocycles. The van der Waals surface area contributed by atoms with Crippen LogP contribution >= 0.6 is 0 Å². The second-order valence-corrected chi connectivity index (χ2v) is 4.75. The predicted molar refractivity (Wildman–Crippen MR) is 66.3 cm³/mol. The van der Waals surface area contributed by atoms with Crippen molar-refractivity contribution in [3.63, 3.8) is 0 Å². The van der Waals surface area contributed by atoms with E-state index in [4.69, 9.17) is 0 Å². The maximum atomic E-state index is 4.17. The van der Waals surface area contributed by atoms with E-state index in [1.165, 1.54) is 32.1 Å². The van der Waals surface area contributed by atoms with E-state index >= 15 is 0 Å². The molecule has 88 valence electrons. The minimum atomic E-state index is 0.764. The molecule has 2 rings (SSSR count). The SMILES string of the molecule is CCC1CCC(CNc2ncccn2)CC1. The van der Waals surface area contributed by atoms with Gasteiger partial charge in [-0.1, -0.05) is 26.2 Å². The molecule has 1 fully saturated rings. The third-order valence-corrected chi connectivity index (χ3v) is 3.66. The Morgan fingerprint density at radius 3 is 2.38 bits per heavy atom. The van der Waals surface area contributed by atoms with Crippen LogP contribution in [0.15, 0.2) is 18.5 Å². The lowest BCUT2D eigenvalue weighted by Gasteiger charge is -2.27. The van der Waals surface area contributed by atoms with Gasteiger partial charge in [0.05, 0.1) is 0 Å². The molecule has 1 aromatic heterocycles. The molecule has 0 amide bonds. The van der Waals surface area contributed by atoms with Crippen molar-refractivity contribution in [1.29, 1.82) is 0 Å². The van der Waals surface area contributed by atoms with Crippen LogP contribution in [0.2, 0.25) is 0 Å². The number of nitrogens with one attached hydrogen (secondary N) is 1. The zero-order valence-electron chi connectivity index (χ0n) is 10.0. The van der Waals surface area contributed by atoms with Gasteiger partial charge in [0.15, 0.2) is 0 Å². The number of hydrogen-bond acceptors (Lipinski definition) is 3. The van der Waals surface area contributed by atoms with Crippen molar-refractivity contribution in [1.82, 2.24) is 9.97 Å². The molecule has 0 aromatic carbocycles. The van der Waals surface area contributed by atoms with Gasteiger partial charge in [0.1, 0.15) is 0 Å². The van der Waals surface area contributed by atoms with Crippen LogP contribution in [0.1, 0.15) is 39.0 Å². The number of rotatable bonds is 4. The smallest absolute Gasteiger partial charge is 0.222 e. The van der Waals surface area contributed by atoms with Crippen molar-refractivity contribution in [2.45, 2.75) is 39.0 Å². The molecule has 0 atom stereocenters. The summed E-state index contributed by atoms with van der Waals surface area (Å²) in [6.45, 7) is 3.33. The second-order valence-electron chi connectivity index (χ2n) is 4.75. The van der Waals surface area contributed by atoms with Gasteiger partial charge in [-0.05, 0) is 30.7 Å². The van der Waals surface area contributed by atoms with E-state index in [-0.39, 0.29) is 0 Å². The lowest BCUT2D eigenvalue weighted by Crippen LogP contribution is -2.21. The first kappa shape index (κ1) is 11.4. The van der Waals surface area contributed by atoms with E-state index in [0.717, 1.165) is 24.3 Å². The van der Waals surface area contributed by atoms with Crippen LogP contribution in [0.3, 0.4) is 0 Å². The summed E-state index contributed by atoms with van der Waals surface area (Å²) in [4.78, 5) is 8.34. The quantitative estimate of drug-likeness (QED) is 0.845. The van der Waals surface area contributed by atoms with Gasteiger partial charge in [-0.25, -0.2) is 9.97 Å². The molecule has 0 aliphatic heterocycles. The van der Waals surface area contributed by atoms with Gasteiger partial charge in [-0.2, -0.15) is 0 Å². The predicted octanol–water partition coefficient (Wildman–Crippen LogP) is 3.10. The zero-order valence-corrected chi connectivity index (χ0v) is 10.0. The van der Waals surface area contributed by atoms with Crippen LogP contribution in [0.25, 0.3) is 0 Å². The Bertz CT molecular complexity index is 291. The Balaban J connectivity index is 1.72. The standard InChI is InChI=1S/C13H21N3/c1-2-11-4-6-12(7-5-11)10-16-13-14-8-3-9-15-13/h3,8-9,11-12H,2,4-7,10H2,1H3,(H,14,15,16). The van der Waals surface area contributed by atoms with Crippen LogP contribution < -0.4 is 5.32 Å². The molecule has 3 heteroatoms. The third-order valence-electron chi connectivity index (χ3n) is 3.66. The zero-order chi connectivity index (χ0) is 11.2. The molecular weight excluding hydrogens is 198 g/mol. The van der Waals surface area contributed by atoms with Crippen molar-refractivity contribution in [2.24, 2.45) is 11.8 Å². The van der Waals surface area contributed by atoms with Gasteiger partial charge in [0.2, 0.25) is 5.95 Å². The molecule has 0 bridgehead atoms. The third kappa shape index (κ3) is 3.19. The molecule has 0 unspecified atom stereocenters. The van der Waals surface area contributed by atoms with Crippen LogP contribution in [-0.4, -0.2) is 16.5 Å². The van der Waals surface area contributed by atoms with Gasteiger partial charge >= 0.3 is 0 Å². The Labute approximate surface area is 97.7 Å². The van der Waals surface area contributed by atoms with Crippen molar-refractivity contribution in [3.05, 3.63) is 18.5 Å². The Kier molecular flexibility index (Phi) is 4.14. The molecule has 1 heterocycles. The first-order chi connectivity index (χ1) is 7.88. The molecule has 1 aromatic rings. The lowest BCUT2D eigenvalue weighted by atomic mass is 9.81. The van der Waals surface area contributed by atoms with E-state index in [9.17, 15) is 0 Å². The highest BCUT2D eigenvalue weighted by atomic mass is 15.1. The maximum absolute atomic E-state index is 4.17. The van der Waals surface area contributed by atoms with Crippen LogP contribution in [0, 0.1) is 11.8 Å². The molecule has 0 radical (unpaired) electrons. The number of anilines is 1. The number of hydrogen-bond donors (Lipinski definition) is 1. The summed E-state index contributed by atoms with van der Waals surface area (Å²) in [7, 11) is 0. The van der Waals surface area contributed by atoms with Crippen LogP contribution in [-0.2, 0) is 0 Å². The fourth-order valence-electron chi connectivity index (χ4n) is 2.47. The van der Waals surface area contributed by atoms with E-state index in [1.807, 2.05) is 6.07 Å². The fourth-order valence-corrected chi connectivity index (χ4v) is 2.47. The second kappa shape index (κ2) is 5.83. The number of aromatic nitrogens is 2. The molecule has 0 saturated heterocycles. The summed E-state index contributed by atoms with van der Waals surface area (Å²) < 4.78 is 0. The molecule has 1 N–H and O–H groups in total. The van der Waals surface area contributed by atoms with Gasteiger partial charge in [0, 0.05) is 18.9 Å². The maximum Gasteiger partial charge on any atom is 0.222 e. The van der Waals surface area contributed by atoms with Gasteiger partial charge in [-0.3, -0.25) is 0 Å². The first-order valence-electron chi connectivity index (χ1n) is 6.39. The monoisotopic (exact) mass is 219 g/mol. The molecular formula is C13H21N3. The average molecular weight is 219 g/mol. The van der Waals surface area contributed by atoms with E-state index in [2.05, 4.69) is 22.2 Å². The summed E-state index contributed by atoms with van der Waals surface area (Å²) in [5.74, 6) is 2.55. The summed E-state index contributed by atoms with van der Waals surface area (Å²) in [5, 5.41) is 3.32. The van der Waals surface area contributed by atoms with Crippen molar-refractivity contribution < 1.29 is 0 Å². The van der Waals surface area contributed by atoms with Crippen LogP contribution in [0.4, 0.5) is 5.95 Å². The lowest BCUT2D eigenvalue weighted by molar-refractivity contribution is 0.278. The highest BCUT2D eigenvalue weighted by Gasteiger charge is 2.19. The normalized spacial score (nSPS) is 25.3. The minimum Gasteiger partial charge on any atom is -0.354 e. The molecule has 0 spiro atoms. The van der Waals surface area contributed by atoms with Crippen molar-refractivity contribution in [3.8, 4) is 0 Å². The largest absolute Gasteiger partial charge is 0.354 e. The Hall–Kier alpha value is -1.12. The summed E-state index contributed by atoms with van der Waals surface area (Å²) in [6.07, 6.45) is 10.4. The topological polar surface area (TPSA) is 37.8 Å². The Morgan fingerprint density at radius 2 is 1.75 bits per heavy atom. The molecule has 1 aliphatic rings. The van der Waals surface area contributed by atoms with Crippen LogP contribution in [0.5, 0.6) is 0 Å². The molecule has 3 nitrogen and oxygen atoms in total. The average Bonchev–Trinajstić information content (AvgIpc) is 2.38. The van der Waals surface area contributed by atoms with Gasteiger partial charge < -0.3 is 5.32 Å². The van der Waals surface area contributed by atoms with E-state index < -0.39 is 0 Å². The van der Waals surface area contributed by atoms with Gasteiger partial charge in [0.25, 0.3) is 0 Å². The summed E-state index contributed by atoms with van der Waals surface area (Å²) >= 11 is 0. The highest BCUT2D eigenvalue weighted by molar-refractivity contribution is 5.21. The summed E-state index contributed by atoms with van der Waals surface area (Å²) in [5.41, 5.74) is 0.